The number of halogens is 2. The van der Waals surface area contributed by atoms with Gasteiger partial charge in [0.1, 0.15) is 11.6 Å². The molecule has 1 aromatic heterocycles. The van der Waals surface area contributed by atoms with Crippen LogP contribution in [0.2, 0.25) is 0 Å². The molecule has 0 aliphatic carbocycles. The third-order valence-corrected chi connectivity index (χ3v) is 2.84. The van der Waals surface area contributed by atoms with Gasteiger partial charge in [-0.05, 0) is 35.9 Å². The van der Waals surface area contributed by atoms with Gasteiger partial charge < -0.3 is 9.73 Å². The number of aromatic nitrogens is 1. The van der Waals surface area contributed by atoms with Gasteiger partial charge in [0, 0.05) is 18.3 Å². The maximum atomic E-state index is 13.0. The second kappa shape index (κ2) is 4.80. The van der Waals surface area contributed by atoms with E-state index in [1.54, 1.807) is 18.2 Å². The molecule has 1 heterocycles. The largest absolute Gasteiger partial charge is 0.417 e. The van der Waals surface area contributed by atoms with Crippen molar-refractivity contribution < 1.29 is 13.2 Å². The number of rotatable bonds is 3. The van der Waals surface area contributed by atoms with Crippen molar-refractivity contribution >= 4 is 16.8 Å². The molecule has 2 aromatic carbocycles. The summed E-state index contributed by atoms with van der Waals surface area (Å²) in [6.45, 7) is 0.266. The molecular formula is C14H10F2N2O2. The number of H-pyrrole nitrogens is 1. The highest BCUT2D eigenvalue weighted by Crippen LogP contribution is 2.17. The number of hydrogen-bond acceptors (Lipinski definition) is 3. The van der Waals surface area contributed by atoms with Gasteiger partial charge in [0.2, 0.25) is 0 Å². The molecule has 0 atom stereocenters. The second-order valence-corrected chi connectivity index (χ2v) is 4.36. The SMILES string of the molecule is O=c1[nH]c2cc(NCc3cc(F)cc(F)c3)ccc2o1. The highest BCUT2D eigenvalue weighted by molar-refractivity contribution is 5.76. The van der Waals surface area contributed by atoms with E-state index in [1.165, 1.54) is 12.1 Å². The van der Waals surface area contributed by atoms with Crippen molar-refractivity contribution in [2.45, 2.75) is 6.54 Å². The fourth-order valence-electron chi connectivity index (χ4n) is 1.98. The lowest BCUT2D eigenvalue weighted by atomic mass is 10.2. The minimum absolute atomic E-state index is 0.266. The van der Waals surface area contributed by atoms with Crippen molar-refractivity contribution in [3.8, 4) is 0 Å². The molecule has 0 fully saturated rings. The molecule has 0 aliphatic rings. The monoisotopic (exact) mass is 276 g/mol. The third kappa shape index (κ3) is 2.54. The summed E-state index contributed by atoms with van der Waals surface area (Å²) in [5.74, 6) is -1.75. The summed E-state index contributed by atoms with van der Waals surface area (Å²) in [6, 6.07) is 8.39. The lowest BCUT2D eigenvalue weighted by molar-refractivity contribution is 0.555. The van der Waals surface area contributed by atoms with Gasteiger partial charge in [-0.1, -0.05) is 0 Å². The Labute approximate surface area is 112 Å². The fourth-order valence-corrected chi connectivity index (χ4v) is 1.98. The minimum Gasteiger partial charge on any atom is -0.408 e. The van der Waals surface area contributed by atoms with Crippen LogP contribution in [0.15, 0.2) is 45.6 Å². The van der Waals surface area contributed by atoms with Crippen molar-refractivity contribution in [3.05, 3.63) is 64.1 Å². The molecular weight excluding hydrogens is 266 g/mol. The van der Waals surface area contributed by atoms with Gasteiger partial charge >= 0.3 is 5.76 Å². The van der Waals surface area contributed by atoms with Crippen molar-refractivity contribution in [1.29, 1.82) is 0 Å². The molecule has 2 N–H and O–H groups in total. The van der Waals surface area contributed by atoms with Gasteiger partial charge in [0.25, 0.3) is 0 Å². The van der Waals surface area contributed by atoms with Crippen LogP contribution in [0.25, 0.3) is 11.1 Å². The summed E-state index contributed by atoms with van der Waals surface area (Å²) in [4.78, 5) is 13.6. The van der Waals surface area contributed by atoms with E-state index >= 15 is 0 Å². The predicted octanol–water partition coefficient (Wildman–Crippen LogP) is 3.01. The summed E-state index contributed by atoms with van der Waals surface area (Å²) in [5, 5.41) is 3.02. The Hall–Kier alpha value is -2.63. The Morgan fingerprint density at radius 2 is 1.85 bits per heavy atom. The van der Waals surface area contributed by atoms with Crippen LogP contribution >= 0.6 is 0 Å². The van der Waals surface area contributed by atoms with Gasteiger partial charge in [-0.25, -0.2) is 13.6 Å². The average Bonchev–Trinajstić information content (AvgIpc) is 2.74. The Bertz CT molecular complexity index is 803. The first kappa shape index (κ1) is 12.4. The van der Waals surface area contributed by atoms with E-state index in [4.69, 9.17) is 4.42 Å². The third-order valence-electron chi connectivity index (χ3n) is 2.84. The van der Waals surface area contributed by atoms with Crippen LogP contribution in [0.1, 0.15) is 5.56 Å². The van der Waals surface area contributed by atoms with Gasteiger partial charge in [-0.2, -0.15) is 0 Å². The van der Waals surface area contributed by atoms with Crippen molar-refractivity contribution in [1.82, 2.24) is 4.98 Å². The highest BCUT2D eigenvalue weighted by atomic mass is 19.1. The van der Waals surface area contributed by atoms with Gasteiger partial charge in [-0.15, -0.1) is 0 Å². The lowest BCUT2D eigenvalue weighted by Gasteiger charge is -2.06. The molecule has 0 saturated heterocycles. The number of nitrogens with one attached hydrogen (secondary N) is 2. The number of anilines is 1. The predicted molar refractivity (Wildman–Crippen MR) is 70.5 cm³/mol. The van der Waals surface area contributed by atoms with Crippen LogP contribution in [-0.2, 0) is 6.54 Å². The molecule has 0 bridgehead atoms. The zero-order valence-electron chi connectivity index (χ0n) is 10.2. The number of oxazole rings is 1. The Morgan fingerprint density at radius 3 is 2.60 bits per heavy atom. The molecule has 6 heteroatoms. The topological polar surface area (TPSA) is 58.0 Å². The fraction of sp³-hybridized carbons (Fsp3) is 0.0714. The van der Waals surface area contributed by atoms with Crippen molar-refractivity contribution in [2.24, 2.45) is 0 Å². The number of fused-ring (bicyclic) bond motifs is 1. The van der Waals surface area contributed by atoms with E-state index in [2.05, 4.69) is 10.3 Å². The molecule has 0 amide bonds. The van der Waals surface area contributed by atoms with E-state index in [0.29, 0.717) is 22.4 Å². The standard InChI is InChI=1S/C14H10F2N2O2/c15-9-3-8(4-10(16)5-9)7-17-11-1-2-13-12(6-11)18-14(19)20-13/h1-6,17H,7H2,(H,18,19). The maximum Gasteiger partial charge on any atom is 0.417 e. The van der Waals surface area contributed by atoms with Crippen LogP contribution in [0, 0.1) is 11.6 Å². The summed E-state index contributed by atoms with van der Waals surface area (Å²) in [5.41, 5.74) is 2.21. The molecule has 20 heavy (non-hydrogen) atoms. The first-order valence-electron chi connectivity index (χ1n) is 5.92. The molecule has 0 unspecified atom stereocenters. The van der Waals surface area contributed by atoms with Crippen LogP contribution in [-0.4, -0.2) is 4.98 Å². The Balaban J connectivity index is 1.80. The zero-order chi connectivity index (χ0) is 14.1. The number of benzene rings is 2. The first-order chi connectivity index (χ1) is 9.60. The van der Waals surface area contributed by atoms with E-state index in [1.807, 2.05) is 0 Å². The first-order valence-corrected chi connectivity index (χ1v) is 5.92. The molecule has 3 aromatic rings. The minimum atomic E-state index is -0.614. The average molecular weight is 276 g/mol. The van der Waals surface area contributed by atoms with Crippen LogP contribution in [0.5, 0.6) is 0 Å². The van der Waals surface area contributed by atoms with Crippen LogP contribution < -0.4 is 11.1 Å². The van der Waals surface area contributed by atoms with Gasteiger partial charge in [0.05, 0.1) is 5.52 Å². The quantitative estimate of drug-likeness (QED) is 0.773. The van der Waals surface area contributed by atoms with Gasteiger partial charge in [-0.3, -0.25) is 4.98 Å². The second-order valence-electron chi connectivity index (χ2n) is 4.36. The molecule has 0 saturated carbocycles. The van der Waals surface area contributed by atoms with E-state index < -0.39 is 17.4 Å². The Morgan fingerprint density at radius 1 is 1.10 bits per heavy atom. The van der Waals surface area contributed by atoms with Crippen molar-refractivity contribution in [2.75, 3.05) is 5.32 Å². The number of aromatic amines is 1. The summed E-state index contributed by atoms with van der Waals surface area (Å²) < 4.78 is 31.0. The van der Waals surface area contributed by atoms with Gasteiger partial charge in [0.15, 0.2) is 5.58 Å². The zero-order valence-corrected chi connectivity index (χ0v) is 10.2. The lowest BCUT2D eigenvalue weighted by Crippen LogP contribution is -2.00. The van der Waals surface area contributed by atoms with Crippen molar-refractivity contribution in [3.63, 3.8) is 0 Å². The highest BCUT2D eigenvalue weighted by Gasteiger charge is 2.03. The van der Waals surface area contributed by atoms with E-state index in [0.717, 1.165) is 6.07 Å². The Kier molecular flexibility index (Phi) is 2.98. The normalized spacial score (nSPS) is 10.9. The van der Waals surface area contributed by atoms with Crippen LogP contribution in [0.3, 0.4) is 0 Å². The molecule has 3 rings (SSSR count). The summed E-state index contributed by atoms with van der Waals surface area (Å²) in [7, 11) is 0. The van der Waals surface area contributed by atoms with E-state index in [-0.39, 0.29) is 6.54 Å². The number of hydrogen-bond donors (Lipinski definition) is 2. The maximum absolute atomic E-state index is 13.0. The summed E-state index contributed by atoms with van der Waals surface area (Å²) in [6.07, 6.45) is 0. The van der Waals surface area contributed by atoms with Crippen LogP contribution in [0.4, 0.5) is 14.5 Å². The molecule has 0 spiro atoms. The molecule has 102 valence electrons. The molecule has 0 aliphatic heterocycles. The molecule has 4 nitrogen and oxygen atoms in total. The smallest absolute Gasteiger partial charge is 0.408 e. The molecule has 0 radical (unpaired) electrons. The summed E-state index contributed by atoms with van der Waals surface area (Å²) >= 11 is 0. The van der Waals surface area contributed by atoms with E-state index in [9.17, 15) is 13.6 Å².